The third-order valence-electron chi connectivity index (χ3n) is 0.287. The Kier molecular flexibility index (Phi) is 1.92. The van der Waals surface area contributed by atoms with Gasteiger partial charge < -0.3 is 0 Å². The van der Waals surface area contributed by atoms with Gasteiger partial charge in [-0.2, -0.15) is 0 Å². The van der Waals surface area contributed by atoms with E-state index < -0.39 is 0 Å². The Morgan fingerprint density at radius 1 is 2.00 bits per heavy atom. The van der Waals surface area contributed by atoms with Gasteiger partial charge in [-0.05, 0) is 22.5 Å². The van der Waals surface area contributed by atoms with Gasteiger partial charge in [-0.3, -0.25) is 4.79 Å². The normalized spacial score (nSPS) is 6.60. The van der Waals surface area contributed by atoms with Crippen molar-refractivity contribution >= 4 is 21.3 Å². The summed E-state index contributed by atoms with van der Waals surface area (Å²) in [6.07, 6.45) is 0. The van der Waals surface area contributed by atoms with Crippen molar-refractivity contribution < 1.29 is 4.79 Å². The topological polar surface area (TPSA) is 17.1 Å². The average molecular weight is 86.2 g/mol. The zero-order chi connectivity index (χ0) is 4.28. The van der Waals surface area contributed by atoms with Crippen molar-refractivity contribution in [1.29, 1.82) is 0 Å². The van der Waals surface area contributed by atoms with Gasteiger partial charge in [-0.1, -0.05) is 0 Å². The molecular weight excluding hydrogens is 80.1 g/mol. The largest absolute Gasteiger partial charge is 0.296 e. The zero-order valence-corrected chi connectivity index (χ0v) is 4.61. The summed E-state index contributed by atoms with van der Waals surface area (Å²) in [5.41, 5.74) is 1.56. The molecule has 0 saturated heterocycles. The van der Waals surface area contributed by atoms with Crippen molar-refractivity contribution in [3.63, 3.8) is 0 Å². The second-order valence-corrected chi connectivity index (χ2v) is 1.22. The van der Waals surface area contributed by atoms with Gasteiger partial charge in [0.1, 0.15) is 5.78 Å². The van der Waals surface area contributed by atoms with E-state index in [2.05, 4.69) is 0 Å². The van der Waals surface area contributed by atoms with Gasteiger partial charge >= 0.3 is 0 Å². The molecular formula is C3H6OSi. The lowest BCUT2D eigenvalue weighted by molar-refractivity contribution is -0.110. The molecule has 0 bridgehead atoms. The summed E-state index contributed by atoms with van der Waals surface area (Å²) >= 11 is 0. The second-order valence-electron chi connectivity index (χ2n) is 0.815. The highest BCUT2D eigenvalue weighted by atomic mass is 28.1. The van der Waals surface area contributed by atoms with Gasteiger partial charge in [0.05, 0.1) is 0 Å². The molecule has 1 nitrogen and oxygen atoms in total. The molecule has 0 aliphatic rings. The summed E-state index contributed by atoms with van der Waals surface area (Å²) in [5.74, 6) is 0.142. The summed E-state index contributed by atoms with van der Waals surface area (Å²) < 4.78 is 0. The van der Waals surface area contributed by atoms with E-state index in [4.69, 9.17) is 0 Å². The Balaban J connectivity index is 3.20. The maximum absolute atomic E-state index is 9.76. The minimum absolute atomic E-state index is 0.142. The molecule has 0 aromatic carbocycles. The number of carbonyl (C=O) groups is 1. The van der Waals surface area contributed by atoms with Crippen LogP contribution in [-0.2, 0) is 4.79 Å². The third-order valence-corrected chi connectivity index (χ3v) is 0.862. The van der Waals surface area contributed by atoms with Gasteiger partial charge in [0, 0.05) is 0 Å². The van der Waals surface area contributed by atoms with Crippen LogP contribution >= 0.6 is 0 Å². The number of ketones is 1. The standard InChI is InChI=1S/C3H6OSi/c1-3(4)2-5/h2H,5H2,1H3. The van der Waals surface area contributed by atoms with E-state index in [1.807, 2.05) is 0 Å². The predicted molar refractivity (Wildman–Crippen MR) is 25.3 cm³/mol. The molecule has 0 aromatic rings. The van der Waals surface area contributed by atoms with E-state index in [9.17, 15) is 4.79 Å². The first-order valence-electron chi connectivity index (χ1n) is 1.40. The van der Waals surface area contributed by atoms with Crippen molar-refractivity contribution in [1.82, 2.24) is 0 Å². The predicted octanol–water partition coefficient (Wildman–Crippen LogP) is -0.989. The molecule has 0 radical (unpaired) electrons. The fraction of sp³-hybridized carbons (Fsp3) is 0.333. The minimum Gasteiger partial charge on any atom is -0.296 e. The van der Waals surface area contributed by atoms with Crippen molar-refractivity contribution in [2.24, 2.45) is 0 Å². The molecule has 0 N–H and O–H groups in total. The molecule has 0 spiro atoms. The molecule has 0 unspecified atom stereocenters. The fourth-order valence-electron chi connectivity index (χ4n) is 0. The number of hydrogen-bond acceptors (Lipinski definition) is 1. The van der Waals surface area contributed by atoms with Crippen LogP contribution in [0.3, 0.4) is 0 Å². The summed E-state index contributed by atoms with van der Waals surface area (Å²) in [6, 6.07) is 0. The van der Waals surface area contributed by atoms with Crippen molar-refractivity contribution in [3.8, 4) is 0 Å². The van der Waals surface area contributed by atoms with Crippen LogP contribution in [0.5, 0.6) is 0 Å². The third kappa shape index (κ3) is 3.76. The lowest BCUT2D eigenvalue weighted by Crippen LogP contribution is -1.87. The molecule has 5 heavy (non-hydrogen) atoms. The zero-order valence-electron chi connectivity index (χ0n) is 3.19. The summed E-state index contributed by atoms with van der Waals surface area (Å²) in [7, 11) is 1.56. The molecule has 0 rings (SSSR count). The molecule has 0 saturated carbocycles. The van der Waals surface area contributed by atoms with Crippen LogP contribution in [0.15, 0.2) is 0 Å². The number of Topliss-reactive ketones (excluding diaryl/α,β-unsaturated/α-hetero) is 1. The first-order chi connectivity index (χ1) is 2.27. The van der Waals surface area contributed by atoms with Crippen LogP contribution in [0.25, 0.3) is 0 Å². The van der Waals surface area contributed by atoms with E-state index in [0.717, 1.165) is 0 Å². The van der Waals surface area contributed by atoms with Gasteiger partial charge in [-0.25, -0.2) is 0 Å². The maximum Gasteiger partial charge on any atom is 0.147 e. The Morgan fingerprint density at radius 2 is 2.20 bits per heavy atom. The first-order valence-corrected chi connectivity index (χ1v) is 2.22. The van der Waals surface area contributed by atoms with E-state index in [0.29, 0.717) is 0 Å². The fourth-order valence-corrected chi connectivity index (χ4v) is 0. The van der Waals surface area contributed by atoms with Crippen LogP contribution in [0.4, 0.5) is 0 Å². The number of rotatable bonds is 1. The SMILES string of the molecule is CC(=O)C=[SiH2]. The molecule has 0 atom stereocenters. The Morgan fingerprint density at radius 3 is 2.20 bits per heavy atom. The monoisotopic (exact) mass is 86.0 g/mol. The number of carbonyl (C=O) groups excluding carboxylic acids is 1. The summed E-state index contributed by atoms with van der Waals surface area (Å²) in [4.78, 5) is 9.76. The van der Waals surface area contributed by atoms with Crippen molar-refractivity contribution in [3.05, 3.63) is 0 Å². The molecule has 0 aliphatic heterocycles. The van der Waals surface area contributed by atoms with Gasteiger partial charge in [-0.15, -0.1) is 0 Å². The Hall–Kier alpha value is -0.243. The minimum atomic E-state index is 0.142. The Bertz CT molecular complexity index is 57.9. The van der Waals surface area contributed by atoms with Gasteiger partial charge in [0.2, 0.25) is 0 Å². The highest BCUT2D eigenvalue weighted by Crippen LogP contribution is 1.47. The molecule has 0 fully saturated rings. The van der Waals surface area contributed by atoms with Crippen LogP contribution < -0.4 is 0 Å². The van der Waals surface area contributed by atoms with Gasteiger partial charge in [0.25, 0.3) is 0 Å². The van der Waals surface area contributed by atoms with Crippen LogP contribution in [0.2, 0.25) is 0 Å². The van der Waals surface area contributed by atoms with E-state index in [-0.39, 0.29) is 5.78 Å². The molecule has 28 valence electrons. The lowest BCUT2D eigenvalue weighted by atomic mass is 10.5. The smallest absolute Gasteiger partial charge is 0.147 e. The second kappa shape index (κ2) is 2.02. The van der Waals surface area contributed by atoms with Crippen LogP contribution in [0.1, 0.15) is 6.92 Å². The van der Waals surface area contributed by atoms with E-state index in [1.54, 1.807) is 15.5 Å². The van der Waals surface area contributed by atoms with Crippen LogP contribution in [0, 0.1) is 0 Å². The molecule has 0 amide bonds. The molecule has 0 aromatic heterocycles. The van der Waals surface area contributed by atoms with E-state index in [1.165, 1.54) is 6.92 Å². The van der Waals surface area contributed by atoms with Crippen LogP contribution in [-0.4, -0.2) is 21.3 Å². The van der Waals surface area contributed by atoms with Gasteiger partial charge in [0.15, 0.2) is 0 Å². The first kappa shape index (κ1) is 4.76. The van der Waals surface area contributed by atoms with Crippen molar-refractivity contribution in [2.75, 3.05) is 0 Å². The number of hydrogen-bond donors (Lipinski definition) is 0. The summed E-state index contributed by atoms with van der Waals surface area (Å²) in [5, 5.41) is 0. The average Bonchev–Trinajstić information content (AvgIpc) is 1.38. The molecule has 0 aliphatic carbocycles. The van der Waals surface area contributed by atoms with E-state index >= 15 is 0 Å². The quantitative estimate of drug-likeness (QED) is 0.374. The molecule has 0 heterocycles. The van der Waals surface area contributed by atoms with Crippen molar-refractivity contribution in [2.45, 2.75) is 6.92 Å². The Labute approximate surface area is 34.0 Å². The lowest BCUT2D eigenvalue weighted by Gasteiger charge is -1.63. The summed E-state index contributed by atoms with van der Waals surface area (Å²) in [6.45, 7) is 1.53. The highest BCUT2D eigenvalue weighted by molar-refractivity contribution is 6.51. The maximum atomic E-state index is 9.76. The molecule has 2 heteroatoms. The highest BCUT2D eigenvalue weighted by Gasteiger charge is 1.69.